The van der Waals surface area contributed by atoms with Gasteiger partial charge in [0.05, 0.1) is 13.2 Å². The fourth-order valence-corrected chi connectivity index (χ4v) is 1.18. The molecule has 0 aliphatic carbocycles. The quantitative estimate of drug-likeness (QED) is 0.645. The minimum absolute atomic E-state index is 0.644. The van der Waals surface area contributed by atoms with E-state index in [1.165, 1.54) is 5.56 Å². The molecule has 1 aliphatic heterocycles. The molecule has 1 saturated heterocycles. The van der Waals surface area contributed by atoms with E-state index in [0.29, 0.717) is 5.92 Å². The van der Waals surface area contributed by atoms with Gasteiger partial charge in [-0.15, -0.1) is 0 Å². The van der Waals surface area contributed by atoms with E-state index in [1.807, 2.05) is 6.07 Å². The number of ether oxygens (including phenoxy) is 1. The van der Waals surface area contributed by atoms with Gasteiger partial charge in [0.25, 0.3) is 0 Å². The van der Waals surface area contributed by atoms with Crippen molar-refractivity contribution in [1.29, 1.82) is 0 Å². The Morgan fingerprint density at radius 1 is 1.17 bits per heavy atom. The lowest BCUT2D eigenvalue weighted by Crippen LogP contribution is -2.24. The molecule has 0 saturated carbocycles. The molecule has 0 aromatic heterocycles. The molecule has 1 nitrogen and oxygen atoms in total. The van der Waals surface area contributed by atoms with Gasteiger partial charge in [0.1, 0.15) is 0 Å². The molecule has 62 valence electrons. The summed E-state index contributed by atoms with van der Waals surface area (Å²) in [6.45, 7) is 1.78. The number of benzene rings is 1. The van der Waals surface area contributed by atoms with Crippen LogP contribution in [0.25, 0.3) is 6.08 Å². The fourth-order valence-electron chi connectivity index (χ4n) is 1.18. The van der Waals surface area contributed by atoms with Crippen LogP contribution in [0.15, 0.2) is 36.4 Å². The topological polar surface area (TPSA) is 9.23 Å². The highest BCUT2D eigenvalue weighted by Crippen LogP contribution is 2.13. The molecule has 1 aromatic rings. The van der Waals surface area contributed by atoms with E-state index in [2.05, 4.69) is 36.4 Å². The zero-order valence-corrected chi connectivity index (χ0v) is 6.94. The van der Waals surface area contributed by atoms with Crippen molar-refractivity contribution in [3.05, 3.63) is 42.0 Å². The van der Waals surface area contributed by atoms with E-state index >= 15 is 0 Å². The van der Waals surface area contributed by atoms with Crippen molar-refractivity contribution in [3.63, 3.8) is 0 Å². The average molecular weight is 160 g/mol. The first-order valence-corrected chi connectivity index (χ1v) is 4.26. The van der Waals surface area contributed by atoms with Gasteiger partial charge in [-0.1, -0.05) is 42.5 Å². The lowest BCUT2D eigenvalue weighted by molar-refractivity contribution is -0.00730. The van der Waals surface area contributed by atoms with E-state index in [9.17, 15) is 0 Å². The third-order valence-electron chi connectivity index (χ3n) is 2.02. The van der Waals surface area contributed by atoms with Crippen LogP contribution in [-0.4, -0.2) is 13.2 Å². The lowest BCUT2D eigenvalue weighted by atomic mass is 10.1. The molecule has 1 aromatic carbocycles. The van der Waals surface area contributed by atoms with Crippen LogP contribution in [-0.2, 0) is 4.74 Å². The third-order valence-corrected chi connectivity index (χ3v) is 2.02. The summed E-state index contributed by atoms with van der Waals surface area (Å²) < 4.78 is 5.07. The first kappa shape index (κ1) is 7.56. The molecule has 0 bridgehead atoms. The number of rotatable bonds is 2. The third kappa shape index (κ3) is 1.74. The van der Waals surface area contributed by atoms with Crippen molar-refractivity contribution in [2.24, 2.45) is 5.92 Å². The molecule has 12 heavy (non-hydrogen) atoms. The summed E-state index contributed by atoms with van der Waals surface area (Å²) in [5.41, 5.74) is 1.27. The van der Waals surface area contributed by atoms with Crippen LogP contribution >= 0.6 is 0 Å². The van der Waals surface area contributed by atoms with Crippen molar-refractivity contribution in [2.75, 3.05) is 13.2 Å². The van der Waals surface area contributed by atoms with Gasteiger partial charge in [0.15, 0.2) is 0 Å². The van der Waals surface area contributed by atoms with E-state index in [0.717, 1.165) is 13.2 Å². The van der Waals surface area contributed by atoms with E-state index in [1.54, 1.807) is 0 Å². The zero-order chi connectivity index (χ0) is 8.23. The van der Waals surface area contributed by atoms with E-state index < -0.39 is 0 Å². The minimum Gasteiger partial charge on any atom is -0.380 e. The van der Waals surface area contributed by atoms with Crippen LogP contribution < -0.4 is 0 Å². The zero-order valence-electron chi connectivity index (χ0n) is 6.94. The Hall–Kier alpha value is -1.08. The second-order valence-corrected chi connectivity index (χ2v) is 3.07. The van der Waals surface area contributed by atoms with E-state index in [4.69, 9.17) is 4.74 Å². The molecule has 2 rings (SSSR count). The molecular formula is C11H12O. The molecule has 0 N–H and O–H groups in total. The molecule has 1 heterocycles. The van der Waals surface area contributed by atoms with Gasteiger partial charge >= 0.3 is 0 Å². The molecule has 0 spiro atoms. The molecular weight excluding hydrogens is 148 g/mol. The molecule has 1 heteroatoms. The fraction of sp³-hybridized carbons (Fsp3) is 0.273. The van der Waals surface area contributed by atoms with Crippen molar-refractivity contribution in [2.45, 2.75) is 0 Å². The highest BCUT2D eigenvalue weighted by molar-refractivity contribution is 5.49. The second kappa shape index (κ2) is 3.55. The maximum Gasteiger partial charge on any atom is 0.0551 e. The SMILES string of the molecule is C(=CC1COC1)c1ccccc1. The van der Waals surface area contributed by atoms with Gasteiger partial charge in [-0.3, -0.25) is 0 Å². The molecule has 0 atom stereocenters. The lowest BCUT2D eigenvalue weighted by Gasteiger charge is -2.22. The van der Waals surface area contributed by atoms with Crippen molar-refractivity contribution in [1.82, 2.24) is 0 Å². The van der Waals surface area contributed by atoms with Crippen molar-refractivity contribution < 1.29 is 4.74 Å². The largest absolute Gasteiger partial charge is 0.380 e. The average Bonchev–Trinajstić information content (AvgIpc) is 2.04. The molecule has 0 radical (unpaired) electrons. The Morgan fingerprint density at radius 2 is 1.92 bits per heavy atom. The standard InChI is InChI=1S/C11H12O/c1-2-4-10(5-3-1)6-7-11-8-12-9-11/h1-7,11H,8-9H2. The van der Waals surface area contributed by atoms with Gasteiger partial charge < -0.3 is 4.74 Å². The second-order valence-electron chi connectivity index (χ2n) is 3.07. The molecule has 0 amide bonds. The van der Waals surface area contributed by atoms with Gasteiger partial charge in [-0.2, -0.15) is 0 Å². The van der Waals surface area contributed by atoms with Crippen LogP contribution in [0.3, 0.4) is 0 Å². The van der Waals surface area contributed by atoms with Crippen LogP contribution in [0.2, 0.25) is 0 Å². The van der Waals surface area contributed by atoms with Crippen LogP contribution in [0.1, 0.15) is 5.56 Å². The van der Waals surface area contributed by atoms with Gasteiger partial charge in [0, 0.05) is 5.92 Å². The predicted molar refractivity (Wildman–Crippen MR) is 49.8 cm³/mol. The maximum absolute atomic E-state index is 5.07. The Morgan fingerprint density at radius 3 is 2.50 bits per heavy atom. The van der Waals surface area contributed by atoms with E-state index in [-0.39, 0.29) is 0 Å². The maximum atomic E-state index is 5.07. The highest BCUT2D eigenvalue weighted by Gasteiger charge is 2.13. The van der Waals surface area contributed by atoms with Crippen molar-refractivity contribution in [3.8, 4) is 0 Å². The van der Waals surface area contributed by atoms with Gasteiger partial charge in [0.2, 0.25) is 0 Å². The summed E-state index contributed by atoms with van der Waals surface area (Å²) in [5, 5.41) is 0. The molecule has 1 aliphatic rings. The highest BCUT2D eigenvalue weighted by atomic mass is 16.5. The van der Waals surface area contributed by atoms with Crippen LogP contribution in [0.5, 0.6) is 0 Å². The van der Waals surface area contributed by atoms with Crippen molar-refractivity contribution >= 4 is 6.08 Å². The number of hydrogen-bond acceptors (Lipinski definition) is 1. The smallest absolute Gasteiger partial charge is 0.0551 e. The Labute approximate surface area is 72.7 Å². The van der Waals surface area contributed by atoms with Gasteiger partial charge in [-0.25, -0.2) is 0 Å². The monoisotopic (exact) mass is 160 g/mol. The summed E-state index contributed by atoms with van der Waals surface area (Å²) >= 11 is 0. The first-order valence-electron chi connectivity index (χ1n) is 4.26. The van der Waals surface area contributed by atoms with Crippen LogP contribution in [0.4, 0.5) is 0 Å². The number of hydrogen-bond donors (Lipinski definition) is 0. The predicted octanol–water partition coefficient (Wildman–Crippen LogP) is 2.35. The summed E-state index contributed by atoms with van der Waals surface area (Å²) in [5.74, 6) is 0.644. The Kier molecular flexibility index (Phi) is 2.23. The Bertz CT molecular complexity index is 260. The summed E-state index contributed by atoms with van der Waals surface area (Å²) in [4.78, 5) is 0. The van der Waals surface area contributed by atoms with Gasteiger partial charge in [-0.05, 0) is 5.56 Å². The molecule has 1 fully saturated rings. The normalized spacial score (nSPS) is 18.0. The first-order chi connectivity index (χ1) is 5.95. The summed E-state index contributed by atoms with van der Waals surface area (Å²) in [6, 6.07) is 10.4. The molecule has 0 unspecified atom stereocenters. The minimum atomic E-state index is 0.644. The summed E-state index contributed by atoms with van der Waals surface area (Å²) in [7, 11) is 0. The Balaban J connectivity index is 1.98. The summed E-state index contributed by atoms with van der Waals surface area (Å²) in [6.07, 6.45) is 4.38. The van der Waals surface area contributed by atoms with Crippen LogP contribution in [0, 0.1) is 5.92 Å².